The van der Waals surface area contributed by atoms with Crippen LogP contribution in [0.3, 0.4) is 0 Å². The second-order valence-electron chi connectivity index (χ2n) is 20.1. The summed E-state index contributed by atoms with van der Waals surface area (Å²) in [5.74, 6) is 0. The Hall–Kier alpha value is -9.12. The summed E-state index contributed by atoms with van der Waals surface area (Å²) in [4.78, 5) is 7.18. The van der Waals surface area contributed by atoms with Crippen LogP contribution in [0.1, 0.15) is 25.0 Å². The van der Waals surface area contributed by atoms with Crippen LogP contribution >= 0.6 is 0 Å². The Bertz CT molecular complexity index is 4160. The average Bonchev–Trinajstić information content (AvgIpc) is 3.67. The molecule has 1 aliphatic carbocycles. The second kappa shape index (κ2) is 16.5. The second-order valence-corrected chi connectivity index (χ2v) is 20.1. The van der Waals surface area contributed by atoms with E-state index in [4.69, 9.17) is 0 Å². The van der Waals surface area contributed by atoms with Gasteiger partial charge in [-0.15, -0.1) is 0 Å². The summed E-state index contributed by atoms with van der Waals surface area (Å²) < 4.78 is 0. The fourth-order valence-corrected chi connectivity index (χ4v) is 12.5. The lowest BCUT2D eigenvalue weighted by molar-refractivity contribution is 0.660. The molecule has 1 heterocycles. The molecule has 4 heteroatoms. The molecule has 0 aromatic heterocycles. The predicted molar refractivity (Wildman–Crippen MR) is 312 cm³/mol. The van der Waals surface area contributed by atoms with Crippen molar-refractivity contribution >= 4 is 94.3 Å². The van der Waals surface area contributed by atoms with Crippen molar-refractivity contribution < 1.29 is 0 Å². The number of hydrogen-bond acceptors (Lipinski definition) is 4. The van der Waals surface area contributed by atoms with Gasteiger partial charge in [0.15, 0.2) is 0 Å². The highest BCUT2D eigenvalue weighted by molar-refractivity contribution is 6.27. The largest absolute Gasteiger partial charge is 0.386 e. The number of nitrogens with zero attached hydrogens (tertiary/aromatic N) is 3. The van der Waals surface area contributed by atoms with E-state index in [1.807, 2.05) is 7.05 Å². The zero-order chi connectivity index (χ0) is 49.0. The van der Waals surface area contributed by atoms with Crippen molar-refractivity contribution in [2.75, 3.05) is 34.1 Å². The van der Waals surface area contributed by atoms with Crippen molar-refractivity contribution in [3.8, 4) is 33.4 Å². The first-order chi connectivity index (χ1) is 35.9. The minimum atomic E-state index is -0.182. The molecule has 1 N–H and O–H groups in total. The Morgan fingerprint density at radius 2 is 1.00 bits per heavy atom. The van der Waals surface area contributed by atoms with Crippen molar-refractivity contribution in [2.24, 2.45) is 0 Å². The standard InChI is InChI=1S/C69H52N4/c1-69(2)59-27-13-12-26-52(59)53-37-34-45(41-60(53)69)67-54-38-36-48(73-65-32-18-16-30-63(65)71(4)64-31-17-19-33-66(64)73)43-58(54)68(56-40-44-20-8-9-23-49(44)50-24-10-11-25-51(50)56)55-39-35-47(42-57(55)67)72(46-21-6-5-7-22-46)62-29-15-14-28-61(62)70-3/h5-43,70H,1-4H3. The molecule has 14 rings (SSSR count). The lowest BCUT2D eigenvalue weighted by Gasteiger charge is -2.38. The number of para-hydroxylation sites is 7. The van der Waals surface area contributed by atoms with E-state index in [0.717, 1.165) is 39.8 Å². The molecule has 348 valence electrons. The molecule has 0 fully saturated rings. The van der Waals surface area contributed by atoms with Crippen LogP contribution in [0.2, 0.25) is 0 Å². The Labute approximate surface area is 426 Å². The molecule has 12 aromatic carbocycles. The summed E-state index contributed by atoms with van der Waals surface area (Å²) in [7, 11) is 4.19. The molecule has 0 bridgehead atoms. The first kappa shape index (κ1) is 42.7. The number of nitrogens with one attached hydrogen (secondary N) is 1. The molecule has 0 saturated heterocycles. The lowest BCUT2D eigenvalue weighted by Crippen LogP contribution is -2.23. The highest BCUT2D eigenvalue weighted by Crippen LogP contribution is 2.55. The third kappa shape index (κ3) is 6.46. The fraction of sp³-hybridized carbons (Fsp3) is 0.0725. The Morgan fingerprint density at radius 3 is 1.78 bits per heavy atom. The van der Waals surface area contributed by atoms with Crippen LogP contribution < -0.4 is 20.0 Å². The minimum absolute atomic E-state index is 0.182. The summed E-state index contributed by atoms with van der Waals surface area (Å²) in [5.41, 5.74) is 20.1. The van der Waals surface area contributed by atoms with E-state index in [0.29, 0.717) is 0 Å². The van der Waals surface area contributed by atoms with Gasteiger partial charge in [-0.05, 0) is 173 Å². The molecule has 0 unspecified atom stereocenters. The van der Waals surface area contributed by atoms with Crippen LogP contribution in [0.15, 0.2) is 237 Å². The molecule has 0 radical (unpaired) electrons. The number of anilines is 9. The molecular formula is C69H52N4. The van der Waals surface area contributed by atoms with E-state index in [2.05, 4.69) is 277 Å². The van der Waals surface area contributed by atoms with Gasteiger partial charge in [0.2, 0.25) is 0 Å². The first-order valence-electron chi connectivity index (χ1n) is 25.4. The smallest absolute Gasteiger partial charge is 0.0699 e. The summed E-state index contributed by atoms with van der Waals surface area (Å²) in [5, 5.41) is 13.2. The first-order valence-corrected chi connectivity index (χ1v) is 25.4. The predicted octanol–water partition coefficient (Wildman–Crippen LogP) is 19.0. The molecular weight excluding hydrogens is 885 g/mol. The molecule has 0 saturated carbocycles. The summed E-state index contributed by atoms with van der Waals surface area (Å²) >= 11 is 0. The van der Waals surface area contributed by atoms with Gasteiger partial charge in [-0.1, -0.05) is 166 Å². The van der Waals surface area contributed by atoms with Crippen molar-refractivity contribution in [1.29, 1.82) is 0 Å². The van der Waals surface area contributed by atoms with E-state index in [-0.39, 0.29) is 5.41 Å². The molecule has 0 amide bonds. The van der Waals surface area contributed by atoms with E-state index < -0.39 is 0 Å². The van der Waals surface area contributed by atoms with Crippen LogP contribution in [0.4, 0.5) is 51.2 Å². The minimum Gasteiger partial charge on any atom is -0.386 e. The van der Waals surface area contributed by atoms with Crippen LogP contribution in [-0.2, 0) is 5.41 Å². The maximum absolute atomic E-state index is 3.51. The summed E-state index contributed by atoms with van der Waals surface area (Å²) in [6.07, 6.45) is 0. The number of hydrogen-bond donors (Lipinski definition) is 1. The average molecular weight is 937 g/mol. The highest BCUT2D eigenvalue weighted by Gasteiger charge is 2.36. The third-order valence-corrected chi connectivity index (χ3v) is 15.9. The highest BCUT2D eigenvalue weighted by atomic mass is 15.3. The molecule has 0 spiro atoms. The summed E-state index contributed by atoms with van der Waals surface area (Å²) in [6.45, 7) is 4.78. The van der Waals surface area contributed by atoms with Crippen molar-refractivity contribution in [2.45, 2.75) is 19.3 Å². The maximum atomic E-state index is 3.51. The molecule has 12 aromatic rings. The van der Waals surface area contributed by atoms with Crippen molar-refractivity contribution in [3.63, 3.8) is 0 Å². The monoisotopic (exact) mass is 936 g/mol. The number of rotatable bonds is 7. The van der Waals surface area contributed by atoms with E-state index in [1.165, 1.54) is 99.0 Å². The Balaban J connectivity index is 1.14. The van der Waals surface area contributed by atoms with Crippen LogP contribution in [0, 0.1) is 0 Å². The van der Waals surface area contributed by atoms with Gasteiger partial charge in [-0.3, -0.25) is 0 Å². The molecule has 73 heavy (non-hydrogen) atoms. The van der Waals surface area contributed by atoms with Crippen molar-refractivity contribution in [3.05, 3.63) is 248 Å². The fourth-order valence-electron chi connectivity index (χ4n) is 12.5. The van der Waals surface area contributed by atoms with E-state index in [9.17, 15) is 0 Å². The molecule has 1 aliphatic heterocycles. The molecule has 0 atom stereocenters. The molecule has 2 aliphatic rings. The number of benzene rings is 12. The SMILES string of the molecule is CNc1ccccc1N(c1ccccc1)c1ccc2c(-c3cc4ccccc4c4ccccc34)c3cc(N4c5ccccc5N(C)c5ccccc54)ccc3c(-c3ccc4c(c3)C(C)(C)c3ccccc3-4)c2c1. The Morgan fingerprint density at radius 1 is 0.397 bits per heavy atom. The van der Waals surface area contributed by atoms with Gasteiger partial charge >= 0.3 is 0 Å². The quantitative estimate of drug-likeness (QED) is 0.127. The van der Waals surface area contributed by atoms with Crippen molar-refractivity contribution in [1.82, 2.24) is 0 Å². The van der Waals surface area contributed by atoms with Gasteiger partial charge in [-0.25, -0.2) is 0 Å². The van der Waals surface area contributed by atoms with E-state index >= 15 is 0 Å². The zero-order valence-corrected chi connectivity index (χ0v) is 41.4. The normalized spacial score (nSPS) is 13.3. The van der Waals surface area contributed by atoms with Gasteiger partial charge in [-0.2, -0.15) is 0 Å². The van der Waals surface area contributed by atoms with Gasteiger partial charge in [0.1, 0.15) is 0 Å². The number of fused-ring (bicyclic) bond motifs is 10. The van der Waals surface area contributed by atoms with E-state index in [1.54, 1.807) is 0 Å². The van der Waals surface area contributed by atoms with Gasteiger partial charge in [0.05, 0.1) is 34.1 Å². The summed E-state index contributed by atoms with van der Waals surface area (Å²) in [6, 6.07) is 88.0. The van der Waals surface area contributed by atoms with Crippen LogP contribution in [0.5, 0.6) is 0 Å². The topological polar surface area (TPSA) is 21.8 Å². The van der Waals surface area contributed by atoms with Crippen LogP contribution in [-0.4, -0.2) is 14.1 Å². The third-order valence-electron chi connectivity index (χ3n) is 15.9. The Kier molecular flexibility index (Phi) is 9.65. The van der Waals surface area contributed by atoms with Gasteiger partial charge in [0.25, 0.3) is 0 Å². The van der Waals surface area contributed by atoms with Crippen LogP contribution in [0.25, 0.3) is 76.5 Å². The maximum Gasteiger partial charge on any atom is 0.0699 e. The van der Waals surface area contributed by atoms with Gasteiger partial charge in [0, 0.05) is 36.6 Å². The zero-order valence-electron chi connectivity index (χ0n) is 41.4. The molecule has 4 nitrogen and oxygen atoms in total. The van der Waals surface area contributed by atoms with Gasteiger partial charge < -0.3 is 20.0 Å². The lowest BCUT2D eigenvalue weighted by atomic mass is 9.80.